The predicted octanol–water partition coefficient (Wildman–Crippen LogP) is 5.26. The Morgan fingerprint density at radius 1 is 1.00 bits per heavy atom. The highest BCUT2D eigenvalue weighted by Gasteiger charge is 2.12. The highest BCUT2D eigenvalue weighted by molar-refractivity contribution is 6.32. The number of halogens is 3. The van der Waals surface area contributed by atoms with Crippen molar-refractivity contribution in [3.8, 4) is 11.5 Å². The number of aliphatic hydroxyl groups excluding tert-OH is 1. The molecule has 0 aliphatic carbocycles. The number of methoxy groups -OCH3 is 1. The van der Waals surface area contributed by atoms with Gasteiger partial charge in [-0.15, -0.1) is 12.4 Å². The monoisotopic (exact) mass is 433 g/mol. The van der Waals surface area contributed by atoms with Gasteiger partial charge in [-0.1, -0.05) is 35.3 Å². The molecule has 27 heavy (non-hydrogen) atoms. The molecule has 0 saturated carbocycles. The van der Waals surface area contributed by atoms with E-state index in [0.29, 0.717) is 34.7 Å². The minimum absolute atomic E-state index is 0. The molecule has 0 bridgehead atoms. The first-order valence-electron chi connectivity index (χ1n) is 8.69. The molecule has 0 aliphatic rings. The fourth-order valence-corrected chi connectivity index (χ4v) is 2.94. The summed E-state index contributed by atoms with van der Waals surface area (Å²) in [7, 11) is 1.60. The summed E-state index contributed by atoms with van der Waals surface area (Å²) in [4.78, 5) is 0. The second kappa shape index (κ2) is 13.1. The van der Waals surface area contributed by atoms with Gasteiger partial charge >= 0.3 is 0 Å². The van der Waals surface area contributed by atoms with E-state index in [0.717, 1.165) is 36.9 Å². The van der Waals surface area contributed by atoms with E-state index in [1.54, 1.807) is 7.11 Å². The normalized spacial score (nSPS) is 10.4. The first kappa shape index (κ1) is 23.9. The number of ether oxygens (including phenoxy) is 2. The van der Waals surface area contributed by atoms with Gasteiger partial charge < -0.3 is 19.9 Å². The van der Waals surface area contributed by atoms with Crippen LogP contribution in [0.1, 0.15) is 30.4 Å². The van der Waals surface area contributed by atoms with Gasteiger partial charge in [-0.3, -0.25) is 0 Å². The molecule has 2 aromatic carbocycles. The molecule has 0 heterocycles. The Bertz CT molecular complexity index is 681. The van der Waals surface area contributed by atoms with Crippen LogP contribution in [0.4, 0.5) is 0 Å². The summed E-state index contributed by atoms with van der Waals surface area (Å²) in [5, 5.41) is 13.4. The van der Waals surface area contributed by atoms with Gasteiger partial charge in [0.25, 0.3) is 0 Å². The van der Waals surface area contributed by atoms with Crippen molar-refractivity contribution < 1.29 is 14.6 Å². The Balaban J connectivity index is 0.00000364. The Kier molecular flexibility index (Phi) is 11.6. The predicted molar refractivity (Wildman–Crippen MR) is 114 cm³/mol. The van der Waals surface area contributed by atoms with E-state index in [1.165, 1.54) is 0 Å². The van der Waals surface area contributed by atoms with Crippen molar-refractivity contribution in [3.63, 3.8) is 0 Å². The minimum Gasteiger partial charge on any atom is -0.493 e. The molecule has 0 amide bonds. The highest BCUT2D eigenvalue weighted by atomic mass is 35.5. The van der Waals surface area contributed by atoms with E-state index in [2.05, 4.69) is 5.32 Å². The molecule has 7 heteroatoms. The van der Waals surface area contributed by atoms with Gasteiger partial charge in [0.1, 0.15) is 6.61 Å². The molecule has 0 atom stereocenters. The van der Waals surface area contributed by atoms with Crippen LogP contribution in [-0.2, 0) is 13.2 Å². The summed E-state index contributed by atoms with van der Waals surface area (Å²) < 4.78 is 11.3. The fourth-order valence-electron chi connectivity index (χ4n) is 2.52. The second-order valence-electron chi connectivity index (χ2n) is 5.99. The molecule has 0 aromatic heterocycles. The number of aliphatic hydroxyl groups is 1. The third kappa shape index (κ3) is 8.16. The average molecular weight is 435 g/mol. The smallest absolute Gasteiger partial charge is 0.180 e. The van der Waals surface area contributed by atoms with Crippen molar-refractivity contribution in [2.75, 3.05) is 20.3 Å². The average Bonchev–Trinajstić information content (AvgIpc) is 2.64. The van der Waals surface area contributed by atoms with Crippen LogP contribution in [-0.4, -0.2) is 25.4 Å². The number of unbranched alkanes of at least 4 members (excludes halogenated alkanes) is 2. The van der Waals surface area contributed by atoms with Gasteiger partial charge in [-0.05, 0) is 61.2 Å². The molecule has 0 radical (unpaired) electrons. The summed E-state index contributed by atoms with van der Waals surface area (Å²) in [6, 6.07) is 11.3. The van der Waals surface area contributed by atoms with Crippen molar-refractivity contribution in [2.45, 2.75) is 32.4 Å². The third-order valence-corrected chi connectivity index (χ3v) is 4.46. The van der Waals surface area contributed by atoms with E-state index in [-0.39, 0.29) is 19.0 Å². The maximum Gasteiger partial charge on any atom is 0.180 e. The van der Waals surface area contributed by atoms with Gasteiger partial charge in [0.15, 0.2) is 11.5 Å². The Hall–Kier alpha value is -1.17. The van der Waals surface area contributed by atoms with Crippen LogP contribution >= 0.6 is 35.6 Å². The Labute approximate surface area is 177 Å². The van der Waals surface area contributed by atoms with E-state index in [1.807, 2.05) is 36.4 Å². The molecule has 0 fully saturated rings. The zero-order chi connectivity index (χ0) is 18.8. The molecule has 2 aromatic rings. The molecular weight excluding hydrogens is 409 g/mol. The van der Waals surface area contributed by atoms with Gasteiger partial charge in [0, 0.05) is 18.2 Å². The van der Waals surface area contributed by atoms with Crippen LogP contribution < -0.4 is 14.8 Å². The molecule has 4 nitrogen and oxygen atoms in total. The molecule has 2 rings (SSSR count). The number of hydrogen-bond donors (Lipinski definition) is 2. The quantitative estimate of drug-likeness (QED) is 0.474. The number of rotatable bonds is 11. The number of hydrogen-bond acceptors (Lipinski definition) is 4. The van der Waals surface area contributed by atoms with Crippen molar-refractivity contribution >= 4 is 35.6 Å². The first-order chi connectivity index (χ1) is 12.6. The first-order valence-corrected chi connectivity index (χ1v) is 9.45. The van der Waals surface area contributed by atoms with Crippen LogP contribution in [0.2, 0.25) is 10.0 Å². The van der Waals surface area contributed by atoms with Gasteiger partial charge in [-0.2, -0.15) is 0 Å². The molecule has 0 spiro atoms. The number of benzene rings is 2. The molecule has 0 aliphatic heterocycles. The molecule has 2 N–H and O–H groups in total. The Morgan fingerprint density at radius 3 is 2.41 bits per heavy atom. The van der Waals surface area contributed by atoms with Crippen molar-refractivity contribution in [1.29, 1.82) is 0 Å². The van der Waals surface area contributed by atoms with Gasteiger partial charge in [-0.25, -0.2) is 0 Å². The fraction of sp³-hybridized carbons (Fsp3) is 0.400. The second-order valence-corrected chi connectivity index (χ2v) is 6.83. The summed E-state index contributed by atoms with van der Waals surface area (Å²) in [6.07, 6.45) is 2.90. The zero-order valence-electron chi connectivity index (χ0n) is 15.3. The SMILES string of the molecule is COc1cc(CNCCCCCO)cc(Cl)c1OCc1ccc(Cl)cc1.Cl. The molecule has 150 valence electrons. The highest BCUT2D eigenvalue weighted by Crippen LogP contribution is 2.37. The molecular formula is C20H26Cl3NO3. The summed E-state index contributed by atoms with van der Waals surface area (Å²) in [6.45, 7) is 2.24. The van der Waals surface area contributed by atoms with E-state index in [9.17, 15) is 0 Å². The third-order valence-electron chi connectivity index (χ3n) is 3.93. The maximum atomic E-state index is 8.78. The maximum absolute atomic E-state index is 8.78. The Morgan fingerprint density at radius 2 is 1.74 bits per heavy atom. The van der Waals surface area contributed by atoms with Crippen LogP contribution in [0.5, 0.6) is 11.5 Å². The van der Waals surface area contributed by atoms with E-state index >= 15 is 0 Å². The van der Waals surface area contributed by atoms with Crippen LogP contribution in [0.3, 0.4) is 0 Å². The molecule has 0 saturated heterocycles. The van der Waals surface area contributed by atoms with E-state index < -0.39 is 0 Å². The molecule has 0 unspecified atom stereocenters. The van der Waals surface area contributed by atoms with Crippen molar-refractivity contribution in [1.82, 2.24) is 5.32 Å². The lowest BCUT2D eigenvalue weighted by Gasteiger charge is -2.15. The van der Waals surface area contributed by atoms with Gasteiger partial charge in [0.05, 0.1) is 12.1 Å². The standard InChI is InChI=1S/C20H25Cl2NO3.ClH/c1-25-19-12-16(13-23-9-3-2-4-10-24)11-18(22)20(19)26-14-15-5-7-17(21)8-6-15;/h5-8,11-12,23-24H,2-4,9-10,13-14H2,1H3;1H. The van der Waals surface area contributed by atoms with E-state index in [4.69, 9.17) is 37.8 Å². The van der Waals surface area contributed by atoms with Crippen LogP contribution in [0, 0.1) is 0 Å². The lowest BCUT2D eigenvalue weighted by molar-refractivity contribution is 0.282. The largest absolute Gasteiger partial charge is 0.493 e. The summed E-state index contributed by atoms with van der Waals surface area (Å²) in [5.74, 6) is 1.15. The lowest BCUT2D eigenvalue weighted by atomic mass is 10.2. The van der Waals surface area contributed by atoms with Crippen molar-refractivity contribution in [3.05, 3.63) is 57.6 Å². The number of nitrogens with one attached hydrogen (secondary N) is 1. The summed E-state index contributed by atoms with van der Waals surface area (Å²) in [5.41, 5.74) is 2.04. The topological polar surface area (TPSA) is 50.7 Å². The van der Waals surface area contributed by atoms with Crippen LogP contribution in [0.15, 0.2) is 36.4 Å². The summed E-state index contributed by atoms with van der Waals surface area (Å²) >= 11 is 12.3. The van der Waals surface area contributed by atoms with Crippen molar-refractivity contribution in [2.24, 2.45) is 0 Å². The minimum atomic E-state index is 0. The lowest BCUT2D eigenvalue weighted by Crippen LogP contribution is -2.15. The van der Waals surface area contributed by atoms with Gasteiger partial charge in [0.2, 0.25) is 0 Å². The van der Waals surface area contributed by atoms with Crippen LogP contribution in [0.25, 0.3) is 0 Å². The zero-order valence-corrected chi connectivity index (χ0v) is 17.7.